The number of ether oxygens (including phenoxy) is 2. The zero-order valence-corrected chi connectivity index (χ0v) is 12.3. The van der Waals surface area contributed by atoms with Gasteiger partial charge in [-0.25, -0.2) is 13.2 Å². The topological polar surface area (TPSA) is 72.9 Å². The average molecular weight is 300 g/mol. The van der Waals surface area contributed by atoms with Crippen LogP contribution in [0, 0.1) is 0 Å². The maximum absolute atomic E-state index is 11.8. The molecule has 0 saturated carbocycles. The van der Waals surface area contributed by atoms with E-state index in [1.165, 1.54) is 4.90 Å². The molecule has 0 aromatic carbocycles. The number of hydrogen-bond donors (Lipinski definition) is 0. The minimum Gasteiger partial charge on any atom is -0.444 e. The van der Waals surface area contributed by atoms with Crippen LogP contribution in [0.5, 0.6) is 0 Å². The Hall–Kier alpha value is -0.530. The van der Waals surface area contributed by atoms with Crippen molar-refractivity contribution in [2.75, 3.05) is 25.4 Å². The summed E-state index contributed by atoms with van der Waals surface area (Å²) in [6.45, 7) is 6.13. The Bertz CT molecular complexity index is 403. The molecule has 0 aromatic rings. The van der Waals surface area contributed by atoms with Crippen molar-refractivity contribution in [1.82, 2.24) is 4.90 Å². The SMILES string of the molecule is CC(C)(C)OC(=O)N1CCO[C@@H](CS(=O)(=O)Cl)C1. The molecule has 1 aliphatic heterocycles. The van der Waals surface area contributed by atoms with E-state index in [4.69, 9.17) is 20.2 Å². The van der Waals surface area contributed by atoms with Gasteiger partial charge >= 0.3 is 6.09 Å². The van der Waals surface area contributed by atoms with Gasteiger partial charge in [-0.05, 0) is 20.8 Å². The van der Waals surface area contributed by atoms with Gasteiger partial charge in [-0.15, -0.1) is 0 Å². The number of carbonyl (C=O) groups excluding carboxylic acids is 1. The summed E-state index contributed by atoms with van der Waals surface area (Å²) in [7, 11) is 1.52. The number of rotatable bonds is 2. The molecule has 0 radical (unpaired) electrons. The second-order valence-electron chi connectivity index (χ2n) is 5.12. The fourth-order valence-electron chi connectivity index (χ4n) is 1.53. The van der Waals surface area contributed by atoms with Crippen LogP contribution in [-0.2, 0) is 18.5 Å². The van der Waals surface area contributed by atoms with Gasteiger partial charge in [0.05, 0.1) is 25.0 Å². The van der Waals surface area contributed by atoms with E-state index < -0.39 is 26.8 Å². The molecule has 6 nitrogen and oxygen atoms in total. The molecule has 8 heteroatoms. The average Bonchev–Trinajstić information content (AvgIpc) is 2.12. The summed E-state index contributed by atoms with van der Waals surface area (Å²) in [5.74, 6) is -0.312. The Morgan fingerprint density at radius 2 is 2.11 bits per heavy atom. The molecule has 0 aliphatic carbocycles. The van der Waals surface area contributed by atoms with Crippen molar-refractivity contribution in [3.63, 3.8) is 0 Å². The van der Waals surface area contributed by atoms with Gasteiger partial charge in [-0.2, -0.15) is 0 Å². The monoisotopic (exact) mass is 299 g/mol. The number of carbonyl (C=O) groups is 1. The van der Waals surface area contributed by atoms with Crippen molar-refractivity contribution in [1.29, 1.82) is 0 Å². The molecule has 1 aliphatic rings. The summed E-state index contributed by atoms with van der Waals surface area (Å²) in [5.41, 5.74) is -0.580. The number of nitrogens with zero attached hydrogens (tertiary/aromatic N) is 1. The summed E-state index contributed by atoms with van der Waals surface area (Å²) in [6, 6.07) is 0. The lowest BCUT2D eigenvalue weighted by atomic mass is 10.2. The molecule has 1 atom stereocenters. The zero-order valence-electron chi connectivity index (χ0n) is 10.7. The lowest BCUT2D eigenvalue weighted by molar-refractivity contribution is -0.0341. The number of morpholine rings is 1. The standard InChI is InChI=1S/C10H18ClNO5S/c1-10(2,3)17-9(13)12-4-5-16-8(6-12)7-18(11,14)15/h8H,4-7H2,1-3H3/t8-/m1/s1. The Balaban J connectivity index is 2.56. The Labute approximate surface area is 112 Å². The van der Waals surface area contributed by atoms with Crippen LogP contribution in [0.1, 0.15) is 20.8 Å². The third-order valence-corrected chi connectivity index (χ3v) is 3.32. The predicted octanol–water partition coefficient (Wildman–Crippen LogP) is 1.19. The van der Waals surface area contributed by atoms with Gasteiger partial charge in [-0.3, -0.25) is 0 Å². The van der Waals surface area contributed by atoms with Crippen LogP contribution in [0.3, 0.4) is 0 Å². The van der Waals surface area contributed by atoms with E-state index in [0.29, 0.717) is 6.54 Å². The van der Waals surface area contributed by atoms with Crippen molar-refractivity contribution in [2.24, 2.45) is 0 Å². The molecule has 1 fully saturated rings. The summed E-state index contributed by atoms with van der Waals surface area (Å²) in [4.78, 5) is 13.2. The summed E-state index contributed by atoms with van der Waals surface area (Å²) >= 11 is 0. The largest absolute Gasteiger partial charge is 0.444 e. The van der Waals surface area contributed by atoms with Gasteiger partial charge in [0.2, 0.25) is 9.05 Å². The number of amides is 1. The molecule has 106 valence electrons. The molecule has 0 aromatic heterocycles. The lowest BCUT2D eigenvalue weighted by Crippen LogP contribution is -2.49. The van der Waals surface area contributed by atoms with Gasteiger partial charge in [0, 0.05) is 17.2 Å². The second-order valence-corrected chi connectivity index (χ2v) is 7.95. The fraction of sp³-hybridized carbons (Fsp3) is 0.900. The molecule has 1 saturated heterocycles. The maximum Gasteiger partial charge on any atom is 0.410 e. The highest BCUT2D eigenvalue weighted by atomic mass is 35.7. The first-order valence-corrected chi connectivity index (χ1v) is 8.06. The predicted molar refractivity (Wildman–Crippen MR) is 67.2 cm³/mol. The smallest absolute Gasteiger partial charge is 0.410 e. The molecule has 18 heavy (non-hydrogen) atoms. The highest BCUT2D eigenvalue weighted by Crippen LogP contribution is 2.14. The van der Waals surface area contributed by atoms with Gasteiger partial charge in [0.1, 0.15) is 5.60 Å². The van der Waals surface area contributed by atoms with Gasteiger partial charge in [-0.1, -0.05) is 0 Å². The van der Waals surface area contributed by atoms with E-state index in [0.717, 1.165) is 0 Å². The van der Waals surface area contributed by atoms with Crippen molar-refractivity contribution in [3.05, 3.63) is 0 Å². The summed E-state index contributed by atoms with van der Waals surface area (Å²) in [5, 5.41) is 0. The number of hydrogen-bond acceptors (Lipinski definition) is 5. The maximum atomic E-state index is 11.8. The van der Waals surface area contributed by atoms with E-state index in [9.17, 15) is 13.2 Å². The quantitative estimate of drug-likeness (QED) is 0.716. The Morgan fingerprint density at radius 1 is 1.50 bits per heavy atom. The Morgan fingerprint density at radius 3 is 2.61 bits per heavy atom. The summed E-state index contributed by atoms with van der Waals surface area (Å²) < 4.78 is 32.4. The molecule has 0 spiro atoms. The van der Waals surface area contributed by atoms with Crippen LogP contribution in [0.2, 0.25) is 0 Å². The zero-order chi connectivity index (χ0) is 14.0. The van der Waals surface area contributed by atoms with Gasteiger partial charge < -0.3 is 14.4 Å². The van der Waals surface area contributed by atoms with Gasteiger partial charge in [0.25, 0.3) is 0 Å². The van der Waals surface area contributed by atoms with Crippen LogP contribution < -0.4 is 0 Å². The van der Waals surface area contributed by atoms with Crippen LogP contribution in [0.4, 0.5) is 4.79 Å². The highest BCUT2D eigenvalue weighted by Gasteiger charge is 2.30. The lowest BCUT2D eigenvalue weighted by Gasteiger charge is -2.33. The van der Waals surface area contributed by atoms with Crippen LogP contribution in [0.15, 0.2) is 0 Å². The first-order valence-electron chi connectivity index (χ1n) is 5.59. The van der Waals surface area contributed by atoms with Crippen molar-refractivity contribution in [2.45, 2.75) is 32.5 Å². The third kappa shape index (κ3) is 5.88. The van der Waals surface area contributed by atoms with Crippen LogP contribution in [0.25, 0.3) is 0 Å². The second kappa shape index (κ2) is 5.63. The molecule has 1 amide bonds. The first-order chi connectivity index (χ1) is 8.07. The van der Waals surface area contributed by atoms with Crippen molar-refractivity contribution < 1.29 is 22.7 Å². The van der Waals surface area contributed by atoms with Crippen LogP contribution >= 0.6 is 10.7 Å². The first kappa shape index (κ1) is 15.5. The fourth-order valence-corrected chi connectivity index (χ4v) is 2.60. The minimum absolute atomic E-state index is 0.168. The molecule has 1 rings (SSSR count). The molecule has 0 unspecified atom stereocenters. The highest BCUT2D eigenvalue weighted by molar-refractivity contribution is 8.13. The van der Waals surface area contributed by atoms with Crippen molar-refractivity contribution >= 4 is 25.8 Å². The molecule has 0 bridgehead atoms. The van der Waals surface area contributed by atoms with E-state index in [1.54, 1.807) is 20.8 Å². The molecule has 1 heterocycles. The minimum atomic E-state index is -3.64. The molecular formula is C10H18ClNO5S. The van der Waals surface area contributed by atoms with E-state index in [-0.39, 0.29) is 18.9 Å². The van der Waals surface area contributed by atoms with E-state index in [1.807, 2.05) is 0 Å². The van der Waals surface area contributed by atoms with Gasteiger partial charge in [0.15, 0.2) is 0 Å². The summed E-state index contributed by atoms with van der Waals surface area (Å²) in [6.07, 6.45) is -1.07. The molecule has 0 N–H and O–H groups in total. The van der Waals surface area contributed by atoms with E-state index in [2.05, 4.69) is 0 Å². The third-order valence-electron chi connectivity index (χ3n) is 2.18. The number of halogens is 1. The van der Waals surface area contributed by atoms with Crippen molar-refractivity contribution in [3.8, 4) is 0 Å². The Kier molecular flexibility index (Phi) is 4.85. The normalized spacial score (nSPS) is 21.8. The van der Waals surface area contributed by atoms with E-state index >= 15 is 0 Å². The molecular weight excluding hydrogens is 282 g/mol. The van der Waals surface area contributed by atoms with Crippen LogP contribution in [-0.4, -0.2) is 56.6 Å².